The molecule has 0 saturated carbocycles. The van der Waals surface area contributed by atoms with Crippen LogP contribution in [0.5, 0.6) is 0 Å². The third kappa shape index (κ3) is 5.24. The molecule has 4 nitrogen and oxygen atoms in total. The smallest absolute Gasteiger partial charge is 0.252 e. The highest BCUT2D eigenvalue weighted by Gasteiger charge is 2.07. The Morgan fingerprint density at radius 1 is 1.00 bits per heavy atom. The van der Waals surface area contributed by atoms with Crippen molar-refractivity contribution in [3.63, 3.8) is 0 Å². The van der Waals surface area contributed by atoms with Crippen molar-refractivity contribution in [3.8, 4) is 0 Å². The maximum atomic E-state index is 13.2. The topological polar surface area (TPSA) is 54.0 Å². The quantitative estimate of drug-likeness (QED) is 0.643. The van der Waals surface area contributed by atoms with E-state index >= 15 is 0 Å². The van der Waals surface area contributed by atoms with Crippen LogP contribution in [0, 0.1) is 11.6 Å². The maximum Gasteiger partial charge on any atom is 0.252 e. The standard InChI is InChI=1S/C20H16ClF2N3O/c21-15-4-1-13(2-5-15)9-10-24-20(27)14-3-8-19(25-12-14)26-16-6-7-17(22)18(23)11-16/h1-8,11-12H,9-10H2,(H,24,27)(H,25,26). The van der Waals surface area contributed by atoms with Gasteiger partial charge in [0.25, 0.3) is 5.91 Å². The van der Waals surface area contributed by atoms with Gasteiger partial charge in [-0.05, 0) is 48.4 Å². The SMILES string of the molecule is O=C(NCCc1ccc(Cl)cc1)c1ccc(Nc2ccc(F)c(F)c2)nc1. The number of pyridine rings is 1. The molecule has 0 aliphatic carbocycles. The van der Waals surface area contributed by atoms with Crippen LogP contribution >= 0.6 is 11.6 Å². The van der Waals surface area contributed by atoms with Crippen LogP contribution in [0.1, 0.15) is 15.9 Å². The Balaban J connectivity index is 1.53. The Morgan fingerprint density at radius 2 is 1.78 bits per heavy atom. The number of rotatable bonds is 6. The summed E-state index contributed by atoms with van der Waals surface area (Å²) in [6.07, 6.45) is 2.10. The van der Waals surface area contributed by atoms with Crippen molar-refractivity contribution in [2.75, 3.05) is 11.9 Å². The van der Waals surface area contributed by atoms with Crippen molar-refractivity contribution in [2.24, 2.45) is 0 Å². The molecule has 1 amide bonds. The van der Waals surface area contributed by atoms with E-state index in [0.29, 0.717) is 35.1 Å². The van der Waals surface area contributed by atoms with E-state index in [9.17, 15) is 13.6 Å². The first kappa shape index (κ1) is 18.8. The van der Waals surface area contributed by atoms with E-state index in [0.717, 1.165) is 17.7 Å². The minimum atomic E-state index is -0.948. The molecule has 0 saturated heterocycles. The van der Waals surface area contributed by atoms with Crippen molar-refractivity contribution in [2.45, 2.75) is 6.42 Å². The van der Waals surface area contributed by atoms with Gasteiger partial charge in [-0.2, -0.15) is 0 Å². The molecule has 1 aromatic heterocycles. The van der Waals surface area contributed by atoms with Crippen molar-refractivity contribution < 1.29 is 13.6 Å². The summed E-state index contributed by atoms with van der Waals surface area (Å²) in [5.41, 5.74) is 1.84. The Morgan fingerprint density at radius 3 is 2.44 bits per heavy atom. The largest absolute Gasteiger partial charge is 0.352 e. The summed E-state index contributed by atoms with van der Waals surface area (Å²) in [4.78, 5) is 16.3. The Hall–Kier alpha value is -2.99. The van der Waals surface area contributed by atoms with Gasteiger partial charge < -0.3 is 10.6 Å². The van der Waals surface area contributed by atoms with E-state index in [1.54, 1.807) is 24.3 Å². The highest BCUT2D eigenvalue weighted by atomic mass is 35.5. The summed E-state index contributed by atoms with van der Waals surface area (Å²) in [5.74, 6) is -1.69. The lowest BCUT2D eigenvalue weighted by Gasteiger charge is -2.08. The number of carbonyl (C=O) groups excluding carboxylic acids is 1. The van der Waals surface area contributed by atoms with E-state index in [1.165, 1.54) is 12.3 Å². The first-order valence-electron chi connectivity index (χ1n) is 8.22. The molecule has 3 rings (SSSR count). The van der Waals surface area contributed by atoms with Gasteiger partial charge in [0, 0.05) is 29.5 Å². The number of hydrogen-bond donors (Lipinski definition) is 2. The van der Waals surface area contributed by atoms with Crippen LogP contribution < -0.4 is 10.6 Å². The molecule has 1 heterocycles. The Labute approximate surface area is 160 Å². The third-order valence-electron chi connectivity index (χ3n) is 3.83. The van der Waals surface area contributed by atoms with Gasteiger partial charge in [-0.1, -0.05) is 23.7 Å². The lowest BCUT2D eigenvalue weighted by atomic mass is 10.1. The number of halogens is 3. The zero-order valence-corrected chi connectivity index (χ0v) is 14.9. The van der Waals surface area contributed by atoms with Crippen molar-refractivity contribution >= 4 is 29.0 Å². The van der Waals surface area contributed by atoms with Gasteiger partial charge >= 0.3 is 0 Å². The highest BCUT2D eigenvalue weighted by molar-refractivity contribution is 6.30. The molecular formula is C20H16ClF2N3O. The minimum Gasteiger partial charge on any atom is -0.352 e. The van der Waals surface area contributed by atoms with E-state index < -0.39 is 11.6 Å². The van der Waals surface area contributed by atoms with Crippen LogP contribution in [0.25, 0.3) is 0 Å². The average Bonchev–Trinajstić information content (AvgIpc) is 2.67. The molecule has 138 valence electrons. The Bertz CT molecular complexity index is 931. The van der Waals surface area contributed by atoms with Crippen LogP contribution in [0.15, 0.2) is 60.8 Å². The lowest BCUT2D eigenvalue weighted by Crippen LogP contribution is -2.25. The molecule has 0 unspecified atom stereocenters. The number of benzene rings is 2. The normalized spacial score (nSPS) is 10.5. The average molecular weight is 388 g/mol. The zero-order chi connectivity index (χ0) is 19.2. The summed E-state index contributed by atoms with van der Waals surface area (Å²) >= 11 is 5.84. The summed E-state index contributed by atoms with van der Waals surface area (Å²) in [6.45, 7) is 0.481. The zero-order valence-electron chi connectivity index (χ0n) is 14.2. The third-order valence-corrected chi connectivity index (χ3v) is 4.08. The number of nitrogens with one attached hydrogen (secondary N) is 2. The van der Waals surface area contributed by atoms with E-state index in [4.69, 9.17) is 11.6 Å². The van der Waals surface area contributed by atoms with Gasteiger partial charge in [0.15, 0.2) is 11.6 Å². The number of anilines is 2. The van der Waals surface area contributed by atoms with Crippen LogP contribution in [0.2, 0.25) is 5.02 Å². The predicted molar refractivity (Wildman–Crippen MR) is 101 cm³/mol. The van der Waals surface area contributed by atoms with Crippen LogP contribution in [0.4, 0.5) is 20.3 Å². The van der Waals surface area contributed by atoms with Gasteiger partial charge in [-0.25, -0.2) is 13.8 Å². The van der Waals surface area contributed by atoms with Gasteiger partial charge in [-0.3, -0.25) is 4.79 Å². The molecular weight excluding hydrogens is 372 g/mol. The van der Waals surface area contributed by atoms with E-state index in [2.05, 4.69) is 15.6 Å². The molecule has 0 fully saturated rings. The van der Waals surface area contributed by atoms with Gasteiger partial charge in [0.2, 0.25) is 0 Å². The summed E-state index contributed by atoms with van der Waals surface area (Å²) in [6, 6.07) is 14.1. The van der Waals surface area contributed by atoms with Gasteiger partial charge in [0.1, 0.15) is 5.82 Å². The summed E-state index contributed by atoms with van der Waals surface area (Å²) in [5, 5.41) is 6.34. The highest BCUT2D eigenvalue weighted by Crippen LogP contribution is 2.17. The van der Waals surface area contributed by atoms with Crippen molar-refractivity contribution in [1.82, 2.24) is 10.3 Å². The lowest BCUT2D eigenvalue weighted by molar-refractivity contribution is 0.0954. The molecule has 0 radical (unpaired) electrons. The number of amides is 1. The first-order valence-corrected chi connectivity index (χ1v) is 8.60. The van der Waals surface area contributed by atoms with Crippen molar-refractivity contribution in [3.05, 3.63) is 88.6 Å². The fourth-order valence-corrected chi connectivity index (χ4v) is 2.52. The fourth-order valence-electron chi connectivity index (χ4n) is 2.40. The first-order chi connectivity index (χ1) is 13.0. The van der Waals surface area contributed by atoms with Gasteiger partial charge in [0.05, 0.1) is 5.56 Å². The second kappa shape index (κ2) is 8.60. The summed E-state index contributed by atoms with van der Waals surface area (Å²) in [7, 11) is 0. The number of aromatic nitrogens is 1. The molecule has 0 aliphatic rings. The van der Waals surface area contributed by atoms with E-state index in [1.807, 2.05) is 12.1 Å². The second-order valence-electron chi connectivity index (χ2n) is 5.82. The predicted octanol–water partition coefficient (Wildman–Crippen LogP) is 4.73. The molecule has 0 spiro atoms. The minimum absolute atomic E-state index is 0.240. The molecule has 7 heteroatoms. The number of nitrogens with zero attached hydrogens (tertiary/aromatic N) is 1. The maximum absolute atomic E-state index is 13.2. The molecule has 0 aliphatic heterocycles. The van der Waals surface area contributed by atoms with Gasteiger partial charge in [-0.15, -0.1) is 0 Å². The number of hydrogen-bond acceptors (Lipinski definition) is 3. The van der Waals surface area contributed by atoms with E-state index in [-0.39, 0.29) is 5.91 Å². The Kier molecular flexibility index (Phi) is 5.98. The molecule has 0 bridgehead atoms. The molecule has 0 atom stereocenters. The molecule has 27 heavy (non-hydrogen) atoms. The number of carbonyl (C=O) groups is 1. The second-order valence-corrected chi connectivity index (χ2v) is 6.25. The molecule has 2 N–H and O–H groups in total. The van der Waals surface area contributed by atoms with Crippen LogP contribution in [-0.4, -0.2) is 17.4 Å². The molecule has 3 aromatic rings. The monoisotopic (exact) mass is 387 g/mol. The van der Waals surface area contributed by atoms with Crippen LogP contribution in [0.3, 0.4) is 0 Å². The fraction of sp³-hybridized carbons (Fsp3) is 0.100. The van der Waals surface area contributed by atoms with Crippen molar-refractivity contribution in [1.29, 1.82) is 0 Å². The molecule has 2 aromatic carbocycles. The van der Waals surface area contributed by atoms with Crippen LogP contribution in [-0.2, 0) is 6.42 Å². The summed E-state index contributed by atoms with van der Waals surface area (Å²) < 4.78 is 26.2.